The highest BCUT2D eigenvalue weighted by Gasteiger charge is 2.17. The number of benzene rings is 2. The molecule has 5 aromatic rings. The first kappa shape index (κ1) is 22.8. The van der Waals surface area contributed by atoms with Crippen molar-refractivity contribution >= 4 is 34.0 Å². The molecule has 1 fully saturated rings. The average Bonchev–Trinajstić information content (AvgIpc) is 3.39. The second-order valence-electron chi connectivity index (χ2n) is 8.77. The van der Waals surface area contributed by atoms with Gasteiger partial charge in [0, 0.05) is 30.2 Å². The molecule has 2 aromatic carbocycles. The van der Waals surface area contributed by atoms with Crippen molar-refractivity contribution in [3.05, 3.63) is 72.6 Å². The van der Waals surface area contributed by atoms with E-state index in [1.165, 1.54) is 6.33 Å². The maximum absolute atomic E-state index is 12.7. The van der Waals surface area contributed by atoms with Crippen LogP contribution in [0.4, 0.5) is 11.5 Å². The molecular weight excluding hydrogens is 472 g/mol. The molecule has 186 valence electrons. The third-order valence-electron chi connectivity index (χ3n) is 6.23. The summed E-state index contributed by atoms with van der Waals surface area (Å²) in [6, 6.07) is 13.3. The second kappa shape index (κ2) is 9.78. The van der Waals surface area contributed by atoms with Crippen LogP contribution in [-0.4, -0.2) is 66.7 Å². The lowest BCUT2D eigenvalue weighted by Gasteiger charge is -2.26. The number of fused-ring (bicyclic) bond motifs is 2. The van der Waals surface area contributed by atoms with E-state index < -0.39 is 0 Å². The Bertz CT molecular complexity index is 1600. The van der Waals surface area contributed by atoms with Gasteiger partial charge in [0.2, 0.25) is 11.8 Å². The SMILES string of the molecule is Cc1cc(Nc2ncnc3ccc(CC(=O)N4CCOCC4)cc23)ccc1Oc1cc2nncn2cn1. The van der Waals surface area contributed by atoms with Gasteiger partial charge in [-0.25, -0.2) is 15.0 Å². The summed E-state index contributed by atoms with van der Waals surface area (Å²) < 4.78 is 13.0. The molecule has 11 nitrogen and oxygen atoms in total. The zero-order valence-corrected chi connectivity index (χ0v) is 20.2. The largest absolute Gasteiger partial charge is 0.439 e. The minimum Gasteiger partial charge on any atom is -0.439 e. The minimum absolute atomic E-state index is 0.0953. The number of aromatic nitrogens is 6. The highest BCUT2D eigenvalue weighted by atomic mass is 16.5. The molecule has 0 aliphatic carbocycles. The molecule has 1 saturated heterocycles. The first-order chi connectivity index (χ1) is 18.1. The van der Waals surface area contributed by atoms with Crippen LogP contribution in [0.15, 0.2) is 61.4 Å². The van der Waals surface area contributed by atoms with Crippen LogP contribution < -0.4 is 10.1 Å². The van der Waals surface area contributed by atoms with E-state index in [1.807, 2.05) is 48.2 Å². The molecule has 0 atom stereocenters. The maximum Gasteiger partial charge on any atom is 0.227 e. The van der Waals surface area contributed by atoms with Gasteiger partial charge in [-0.15, -0.1) is 10.2 Å². The average molecular weight is 497 g/mol. The van der Waals surface area contributed by atoms with Crippen molar-refractivity contribution in [1.29, 1.82) is 0 Å². The number of anilines is 2. The molecule has 6 rings (SSSR count). The summed E-state index contributed by atoms with van der Waals surface area (Å²) in [6.07, 6.45) is 5.04. The standard InChI is InChI=1S/C26H24N8O3/c1-17-10-19(3-5-22(17)37-24-13-23-32-30-16-34(23)15-29-24)31-26-20-11-18(2-4-21(20)27-14-28-26)12-25(35)33-6-8-36-9-7-33/h2-5,10-11,13-16H,6-9,12H2,1H3,(H,27,28,31). The third-order valence-corrected chi connectivity index (χ3v) is 6.23. The molecule has 1 aliphatic rings. The smallest absolute Gasteiger partial charge is 0.227 e. The van der Waals surface area contributed by atoms with Gasteiger partial charge >= 0.3 is 0 Å². The third kappa shape index (κ3) is 4.89. The first-order valence-corrected chi connectivity index (χ1v) is 11.9. The Balaban J connectivity index is 1.21. The topological polar surface area (TPSA) is 120 Å². The number of morpholine rings is 1. The molecule has 11 heteroatoms. The van der Waals surface area contributed by atoms with Crippen LogP contribution in [0, 0.1) is 6.92 Å². The van der Waals surface area contributed by atoms with E-state index in [0.717, 1.165) is 27.7 Å². The monoisotopic (exact) mass is 496 g/mol. The molecule has 0 unspecified atom stereocenters. The fourth-order valence-electron chi connectivity index (χ4n) is 4.27. The molecule has 0 saturated carbocycles. The number of carbonyl (C=O) groups is 1. The van der Waals surface area contributed by atoms with Crippen molar-refractivity contribution in [3.63, 3.8) is 0 Å². The van der Waals surface area contributed by atoms with Gasteiger partial charge < -0.3 is 19.7 Å². The summed E-state index contributed by atoms with van der Waals surface area (Å²) >= 11 is 0. The molecule has 1 aliphatic heterocycles. The molecule has 1 N–H and O–H groups in total. The number of carbonyl (C=O) groups excluding carboxylic acids is 1. The second-order valence-corrected chi connectivity index (χ2v) is 8.77. The number of hydrogen-bond donors (Lipinski definition) is 1. The fraction of sp³-hybridized carbons (Fsp3) is 0.231. The van der Waals surface area contributed by atoms with E-state index in [-0.39, 0.29) is 5.91 Å². The molecule has 0 radical (unpaired) electrons. The summed E-state index contributed by atoms with van der Waals surface area (Å²) in [7, 11) is 0. The first-order valence-electron chi connectivity index (χ1n) is 11.9. The van der Waals surface area contributed by atoms with Crippen LogP contribution >= 0.6 is 0 Å². The molecule has 0 spiro atoms. The number of rotatable bonds is 6. The maximum atomic E-state index is 12.7. The lowest BCUT2D eigenvalue weighted by Crippen LogP contribution is -2.41. The van der Waals surface area contributed by atoms with Gasteiger partial charge in [0.25, 0.3) is 0 Å². The lowest BCUT2D eigenvalue weighted by atomic mass is 10.1. The van der Waals surface area contributed by atoms with Crippen molar-refractivity contribution in [2.75, 3.05) is 31.6 Å². The zero-order chi connectivity index (χ0) is 25.2. The molecular formula is C26H24N8O3. The fourth-order valence-corrected chi connectivity index (χ4v) is 4.27. The zero-order valence-electron chi connectivity index (χ0n) is 20.2. The Morgan fingerprint density at radius 3 is 2.81 bits per heavy atom. The lowest BCUT2D eigenvalue weighted by molar-refractivity contribution is -0.134. The predicted octanol–water partition coefficient (Wildman–Crippen LogP) is 3.31. The van der Waals surface area contributed by atoms with Gasteiger partial charge in [-0.2, -0.15) is 0 Å². The quantitative estimate of drug-likeness (QED) is 0.377. The molecule has 4 heterocycles. The van der Waals surface area contributed by atoms with Crippen molar-refractivity contribution in [2.45, 2.75) is 13.3 Å². The molecule has 3 aromatic heterocycles. The van der Waals surface area contributed by atoms with Gasteiger partial charge in [-0.05, 0) is 48.4 Å². The number of ether oxygens (including phenoxy) is 2. The van der Waals surface area contributed by atoms with Crippen molar-refractivity contribution in [3.8, 4) is 11.6 Å². The minimum atomic E-state index is 0.0953. The molecule has 0 bridgehead atoms. The van der Waals surface area contributed by atoms with E-state index in [2.05, 4.69) is 30.5 Å². The van der Waals surface area contributed by atoms with Gasteiger partial charge in [-0.3, -0.25) is 9.20 Å². The number of amides is 1. The Labute approximate surface area is 212 Å². The number of hydrogen-bond acceptors (Lipinski definition) is 9. The Morgan fingerprint density at radius 2 is 1.95 bits per heavy atom. The normalized spacial score (nSPS) is 13.7. The Hall–Kier alpha value is -4.64. The van der Waals surface area contributed by atoms with Crippen LogP contribution in [0.25, 0.3) is 16.6 Å². The molecule has 37 heavy (non-hydrogen) atoms. The van der Waals surface area contributed by atoms with Gasteiger partial charge in [0.15, 0.2) is 5.65 Å². The van der Waals surface area contributed by atoms with E-state index in [1.54, 1.807) is 23.1 Å². The van der Waals surface area contributed by atoms with Crippen molar-refractivity contribution in [1.82, 2.24) is 34.4 Å². The highest BCUT2D eigenvalue weighted by molar-refractivity contribution is 5.92. The van der Waals surface area contributed by atoms with Gasteiger partial charge in [0.1, 0.15) is 30.5 Å². The van der Waals surface area contributed by atoms with Crippen LogP contribution in [-0.2, 0) is 16.0 Å². The predicted molar refractivity (Wildman–Crippen MR) is 136 cm³/mol. The van der Waals surface area contributed by atoms with E-state index in [9.17, 15) is 4.79 Å². The van der Waals surface area contributed by atoms with Crippen LogP contribution in [0.5, 0.6) is 11.6 Å². The van der Waals surface area contributed by atoms with Crippen LogP contribution in [0.1, 0.15) is 11.1 Å². The van der Waals surface area contributed by atoms with Crippen LogP contribution in [0.2, 0.25) is 0 Å². The summed E-state index contributed by atoms with van der Waals surface area (Å²) in [5.41, 5.74) is 4.14. The Morgan fingerprint density at radius 1 is 1.05 bits per heavy atom. The summed E-state index contributed by atoms with van der Waals surface area (Å²) in [5.74, 6) is 1.87. The summed E-state index contributed by atoms with van der Waals surface area (Å²) in [6.45, 7) is 4.40. The molecule has 1 amide bonds. The highest BCUT2D eigenvalue weighted by Crippen LogP contribution is 2.29. The summed E-state index contributed by atoms with van der Waals surface area (Å²) in [5, 5.41) is 12.1. The Kier molecular flexibility index (Phi) is 6.03. The number of nitrogens with zero attached hydrogens (tertiary/aromatic N) is 7. The van der Waals surface area contributed by atoms with E-state index in [4.69, 9.17) is 9.47 Å². The van der Waals surface area contributed by atoms with Gasteiger partial charge in [-0.1, -0.05) is 6.07 Å². The number of aryl methyl sites for hydroxylation is 1. The summed E-state index contributed by atoms with van der Waals surface area (Å²) in [4.78, 5) is 27.7. The van der Waals surface area contributed by atoms with E-state index in [0.29, 0.717) is 55.8 Å². The van der Waals surface area contributed by atoms with Crippen molar-refractivity contribution < 1.29 is 14.3 Å². The van der Waals surface area contributed by atoms with Gasteiger partial charge in [0.05, 0.1) is 25.2 Å². The van der Waals surface area contributed by atoms with Crippen molar-refractivity contribution in [2.24, 2.45) is 0 Å². The van der Waals surface area contributed by atoms with E-state index >= 15 is 0 Å². The van der Waals surface area contributed by atoms with Crippen LogP contribution in [0.3, 0.4) is 0 Å². The number of nitrogens with one attached hydrogen (secondary N) is 1.